The maximum absolute atomic E-state index is 13.8. The van der Waals surface area contributed by atoms with Gasteiger partial charge in [0.05, 0.1) is 53.5 Å². The molecule has 4 rings (SSSR count). The van der Waals surface area contributed by atoms with E-state index in [9.17, 15) is 45.1 Å². The Morgan fingerprint density at radius 3 is 2.39 bits per heavy atom. The summed E-state index contributed by atoms with van der Waals surface area (Å²) < 4.78 is 102. The highest BCUT2D eigenvalue weighted by Crippen LogP contribution is 2.36. The molecule has 2 aromatic carbocycles. The minimum atomic E-state index is -4.38. The fraction of sp³-hybridized carbons (Fsp3) is 0.367. The number of primary sulfonamides is 1. The van der Waals surface area contributed by atoms with E-state index >= 15 is 0 Å². The summed E-state index contributed by atoms with van der Waals surface area (Å²) in [5.41, 5.74) is -0.634. The third kappa shape index (κ3) is 9.92. The minimum absolute atomic E-state index is 0.0168. The Balaban J connectivity index is 1.30. The molecular weight excluding hydrogens is 748 g/mol. The molecule has 51 heavy (non-hydrogen) atoms. The summed E-state index contributed by atoms with van der Waals surface area (Å²) in [6.45, 7) is 0.828. The van der Waals surface area contributed by atoms with Crippen molar-refractivity contribution in [2.75, 3.05) is 36.8 Å². The van der Waals surface area contributed by atoms with Crippen LogP contribution in [0.15, 0.2) is 58.0 Å². The summed E-state index contributed by atoms with van der Waals surface area (Å²) in [6, 6.07) is 5.50. The third-order valence-electron chi connectivity index (χ3n) is 7.49. The summed E-state index contributed by atoms with van der Waals surface area (Å²) >= 11 is 6.05. The second-order valence-corrected chi connectivity index (χ2v) is 15.3. The molecule has 1 aromatic heterocycles. The summed E-state index contributed by atoms with van der Waals surface area (Å²) in [5.74, 6) is -8.42. The number of nitrogens with one attached hydrogen (secondary N) is 1. The number of hydrogen-bond donors (Lipinski definition) is 3. The summed E-state index contributed by atoms with van der Waals surface area (Å²) in [7, 11) is -8.64. The number of furan rings is 1. The zero-order valence-corrected chi connectivity index (χ0v) is 29.2. The van der Waals surface area contributed by atoms with Crippen molar-refractivity contribution in [1.82, 2.24) is 4.90 Å². The molecule has 0 bridgehead atoms. The van der Waals surface area contributed by atoms with Crippen molar-refractivity contribution >= 4 is 55.2 Å². The number of amides is 1. The van der Waals surface area contributed by atoms with Gasteiger partial charge in [-0.05, 0) is 50.2 Å². The minimum Gasteiger partial charge on any atom is -0.467 e. The van der Waals surface area contributed by atoms with Gasteiger partial charge in [-0.15, -0.1) is 0 Å². The summed E-state index contributed by atoms with van der Waals surface area (Å²) in [5, 5.41) is 18.8. The molecule has 0 aliphatic carbocycles. The molecule has 0 spiro atoms. The molecule has 0 saturated carbocycles. The quantitative estimate of drug-likeness (QED) is 0.167. The number of aliphatic hydroxyl groups is 1. The number of esters is 2. The van der Waals surface area contributed by atoms with Gasteiger partial charge in [-0.1, -0.05) is 11.6 Å². The molecule has 1 aliphatic rings. The van der Waals surface area contributed by atoms with Gasteiger partial charge in [0.15, 0.2) is 9.84 Å². The first-order chi connectivity index (χ1) is 23.8. The third-order valence-corrected chi connectivity index (χ3v) is 10.3. The Labute approximate surface area is 295 Å². The van der Waals surface area contributed by atoms with Crippen LogP contribution in [0.2, 0.25) is 5.02 Å². The first kappa shape index (κ1) is 39.4. The Morgan fingerprint density at radius 2 is 1.76 bits per heavy atom. The van der Waals surface area contributed by atoms with E-state index in [0.29, 0.717) is 11.8 Å². The van der Waals surface area contributed by atoms with E-state index in [2.05, 4.69) is 5.32 Å². The van der Waals surface area contributed by atoms with Crippen LogP contribution in [-0.4, -0.2) is 88.5 Å². The first-order valence-corrected chi connectivity index (χ1v) is 18.5. The highest BCUT2D eigenvalue weighted by atomic mass is 35.5. The number of sulfone groups is 1. The monoisotopic (exact) mass is 779 g/mol. The normalized spacial score (nSPS) is 19.3. The van der Waals surface area contributed by atoms with Crippen LogP contribution in [0.5, 0.6) is 0 Å². The number of carbonyl (C=O) groups is 3. The molecule has 1 amide bonds. The number of rotatable bonds is 13. The van der Waals surface area contributed by atoms with Gasteiger partial charge >= 0.3 is 18.0 Å². The standard InChI is InChI=1S/C30H32ClF2N3O13S2/c1-17-14-49-30(40,19-8-20(32)10-21(33)9-19)18(2)36(17)29(39)48-16-47-27(37)15-50(41,42)7-6-46-28(38)23-11-26(51(34,43)44)24(31)12-25(23)35-13-22-4-3-5-45-22/h3-5,8-12,17-18,35,40H,6-7,13-16H2,1-2H3,(H2,34,43,44)/t17-,18+,30-/m1/s1. The number of anilines is 1. The largest absolute Gasteiger partial charge is 0.467 e. The van der Waals surface area contributed by atoms with E-state index in [1.165, 1.54) is 20.1 Å². The summed E-state index contributed by atoms with van der Waals surface area (Å²) in [4.78, 5) is 38.4. The maximum Gasteiger partial charge on any atom is 0.413 e. The first-order valence-electron chi connectivity index (χ1n) is 14.7. The lowest BCUT2D eigenvalue weighted by Gasteiger charge is -2.47. The van der Waals surface area contributed by atoms with E-state index in [4.69, 9.17) is 40.1 Å². The SMILES string of the molecule is C[C@@H]1CO[C@@](O)(c2cc(F)cc(F)c2)[C@H](C)N1C(=O)OCOC(=O)CS(=O)(=O)CCOC(=O)c1cc(S(N)(=O)=O)c(Cl)cc1NCc1ccco1. The van der Waals surface area contributed by atoms with Crippen molar-refractivity contribution in [3.05, 3.63) is 82.3 Å². The van der Waals surface area contributed by atoms with Crippen molar-refractivity contribution in [1.29, 1.82) is 0 Å². The van der Waals surface area contributed by atoms with Gasteiger partial charge in [0.1, 0.15) is 34.6 Å². The number of halogens is 3. The molecule has 16 nitrogen and oxygen atoms in total. The Morgan fingerprint density at radius 1 is 1.08 bits per heavy atom. The Kier molecular flexibility index (Phi) is 12.3. The van der Waals surface area contributed by atoms with Gasteiger partial charge in [-0.2, -0.15) is 0 Å². The van der Waals surface area contributed by atoms with Gasteiger partial charge in [0.25, 0.3) is 0 Å². The molecule has 0 radical (unpaired) electrons. The Bertz CT molecular complexity index is 1980. The van der Waals surface area contributed by atoms with Gasteiger partial charge < -0.3 is 33.8 Å². The zero-order valence-electron chi connectivity index (χ0n) is 26.8. The van der Waals surface area contributed by atoms with Crippen LogP contribution < -0.4 is 10.5 Å². The molecule has 21 heteroatoms. The van der Waals surface area contributed by atoms with Crippen LogP contribution in [0.3, 0.4) is 0 Å². The molecular formula is C30H32ClF2N3O13S2. The molecule has 3 atom stereocenters. The lowest BCUT2D eigenvalue weighted by Crippen LogP contribution is -2.62. The molecule has 1 fully saturated rings. The van der Waals surface area contributed by atoms with Crippen molar-refractivity contribution < 1.29 is 68.5 Å². The number of morpholine rings is 1. The number of hydrogen-bond acceptors (Lipinski definition) is 14. The molecule has 1 aliphatic heterocycles. The highest BCUT2D eigenvalue weighted by molar-refractivity contribution is 7.92. The van der Waals surface area contributed by atoms with Crippen LogP contribution in [0, 0.1) is 11.6 Å². The second-order valence-electron chi connectivity index (χ2n) is 11.2. The summed E-state index contributed by atoms with van der Waals surface area (Å²) in [6.07, 6.45) is 0.281. The molecule has 4 N–H and O–H groups in total. The molecule has 1 saturated heterocycles. The van der Waals surface area contributed by atoms with Crippen molar-refractivity contribution in [3.63, 3.8) is 0 Å². The molecule has 3 aromatic rings. The lowest BCUT2D eigenvalue weighted by molar-refractivity contribution is -0.280. The van der Waals surface area contributed by atoms with Crippen molar-refractivity contribution in [2.24, 2.45) is 5.14 Å². The molecule has 278 valence electrons. The van der Waals surface area contributed by atoms with Crippen molar-refractivity contribution in [2.45, 2.75) is 43.2 Å². The molecule has 0 unspecified atom stereocenters. The van der Waals surface area contributed by atoms with Crippen LogP contribution in [0.1, 0.15) is 35.5 Å². The average molecular weight is 780 g/mol. The highest BCUT2D eigenvalue weighted by Gasteiger charge is 2.49. The average Bonchev–Trinajstić information content (AvgIpc) is 3.54. The van der Waals surface area contributed by atoms with Gasteiger partial charge in [0.2, 0.25) is 22.6 Å². The number of nitrogens with zero attached hydrogens (tertiary/aromatic N) is 1. The maximum atomic E-state index is 13.8. The van der Waals surface area contributed by atoms with E-state index in [-0.39, 0.29) is 35.0 Å². The van der Waals surface area contributed by atoms with Gasteiger partial charge in [-0.3, -0.25) is 9.69 Å². The number of benzene rings is 2. The van der Waals surface area contributed by atoms with Crippen LogP contribution in [0.25, 0.3) is 0 Å². The number of ether oxygens (including phenoxy) is 4. The van der Waals surface area contributed by atoms with E-state index in [0.717, 1.165) is 29.2 Å². The van der Waals surface area contributed by atoms with Crippen LogP contribution in [0.4, 0.5) is 19.3 Å². The van der Waals surface area contributed by atoms with Crippen LogP contribution >= 0.6 is 11.6 Å². The van der Waals surface area contributed by atoms with E-state index in [1.807, 2.05) is 0 Å². The second kappa shape index (κ2) is 15.9. The van der Waals surface area contributed by atoms with Crippen molar-refractivity contribution in [3.8, 4) is 0 Å². The topological polar surface area (TPSA) is 231 Å². The molecule has 2 heterocycles. The predicted octanol–water partition coefficient (Wildman–Crippen LogP) is 2.63. The predicted molar refractivity (Wildman–Crippen MR) is 172 cm³/mol. The lowest BCUT2D eigenvalue weighted by atomic mass is 9.94. The van der Waals surface area contributed by atoms with Gasteiger partial charge in [-0.25, -0.2) is 40.3 Å². The van der Waals surface area contributed by atoms with E-state index in [1.54, 1.807) is 12.1 Å². The van der Waals surface area contributed by atoms with Gasteiger partial charge in [0, 0.05) is 11.6 Å². The van der Waals surface area contributed by atoms with Crippen LogP contribution in [-0.2, 0) is 55.9 Å². The number of sulfonamides is 1. The fourth-order valence-electron chi connectivity index (χ4n) is 4.98. The van der Waals surface area contributed by atoms with E-state index < -0.39 is 97.2 Å². The number of carbonyl (C=O) groups excluding carboxylic acids is 3. The Hall–Kier alpha value is -4.34. The number of nitrogens with two attached hydrogens (primary N) is 1. The smallest absolute Gasteiger partial charge is 0.413 e. The fourth-order valence-corrected chi connectivity index (χ4v) is 7.00. The zero-order chi connectivity index (χ0) is 37.7.